The van der Waals surface area contributed by atoms with Crippen molar-refractivity contribution >= 4 is 0 Å². The second-order valence-electron chi connectivity index (χ2n) is 3.68. The second kappa shape index (κ2) is 5.45. The van der Waals surface area contributed by atoms with Crippen LogP contribution in [0.3, 0.4) is 0 Å². The van der Waals surface area contributed by atoms with Crippen molar-refractivity contribution in [3.63, 3.8) is 0 Å². The lowest BCUT2D eigenvalue weighted by Gasteiger charge is -2.04. The minimum absolute atomic E-state index is 0.368. The first-order chi connectivity index (χ1) is 8.29. The normalized spacial score (nSPS) is 10.5. The summed E-state index contributed by atoms with van der Waals surface area (Å²) in [6.45, 7) is 0.952. The van der Waals surface area contributed by atoms with Crippen molar-refractivity contribution in [2.24, 2.45) is 12.8 Å². The summed E-state index contributed by atoms with van der Waals surface area (Å²) in [5, 5.41) is 4.18. The first-order valence-electron chi connectivity index (χ1n) is 5.56. The summed E-state index contributed by atoms with van der Waals surface area (Å²) in [7, 11) is 1.87. The summed E-state index contributed by atoms with van der Waals surface area (Å²) >= 11 is 0. The van der Waals surface area contributed by atoms with Crippen LogP contribution >= 0.6 is 0 Å². The molecular weight excluding hydrogens is 216 g/mol. The molecule has 0 bridgehead atoms. The van der Waals surface area contributed by atoms with Crippen molar-refractivity contribution in [3.8, 4) is 5.75 Å². The molecule has 2 rings (SSSR count). The van der Waals surface area contributed by atoms with Crippen LogP contribution in [0.2, 0.25) is 0 Å². The van der Waals surface area contributed by atoms with E-state index in [0.29, 0.717) is 19.0 Å². The molecule has 1 aromatic carbocycles. The molecule has 1 aromatic heterocycles. The molecule has 0 saturated carbocycles. The number of hydrogen-bond acceptors (Lipinski definition) is 4. The van der Waals surface area contributed by atoms with Crippen molar-refractivity contribution in [3.05, 3.63) is 42.0 Å². The average molecular weight is 232 g/mol. The Labute approximate surface area is 100 Å². The predicted octanol–water partition coefficient (Wildman–Crippen LogP) is 0.895. The van der Waals surface area contributed by atoms with Gasteiger partial charge in [0.05, 0.1) is 13.2 Å². The van der Waals surface area contributed by atoms with Gasteiger partial charge in [0, 0.05) is 13.5 Å². The Morgan fingerprint density at radius 3 is 2.71 bits per heavy atom. The average Bonchev–Trinajstić information content (AvgIpc) is 2.72. The summed E-state index contributed by atoms with van der Waals surface area (Å²) in [4.78, 5) is 4.31. The molecule has 0 unspecified atom stereocenters. The number of para-hydroxylation sites is 1. The topological polar surface area (TPSA) is 66.0 Å². The highest BCUT2D eigenvalue weighted by Gasteiger charge is 2.05. The van der Waals surface area contributed by atoms with Crippen LogP contribution in [0.15, 0.2) is 30.3 Å². The molecular formula is C12H16N4O. The van der Waals surface area contributed by atoms with Crippen molar-refractivity contribution < 1.29 is 4.74 Å². The lowest BCUT2D eigenvalue weighted by molar-refractivity contribution is 0.317. The van der Waals surface area contributed by atoms with E-state index in [1.165, 1.54) is 0 Å². The number of rotatable bonds is 5. The number of hydrogen-bond donors (Lipinski definition) is 1. The van der Waals surface area contributed by atoms with Gasteiger partial charge in [0.1, 0.15) is 11.6 Å². The van der Waals surface area contributed by atoms with E-state index in [1.807, 2.05) is 37.4 Å². The summed E-state index contributed by atoms with van der Waals surface area (Å²) in [5.41, 5.74) is 5.48. The summed E-state index contributed by atoms with van der Waals surface area (Å²) in [5.74, 6) is 2.43. The van der Waals surface area contributed by atoms with Crippen LogP contribution in [0.4, 0.5) is 0 Å². The van der Waals surface area contributed by atoms with E-state index in [-0.39, 0.29) is 0 Å². The number of ether oxygens (including phenoxy) is 1. The number of aryl methyl sites for hydroxylation is 1. The number of nitrogens with zero attached hydrogens (tertiary/aromatic N) is 3. The third kappa shape index (κ3) is 3.04. The molecule has 0 spiro atoms. The summed E-state index contributed by atoms with van der Waals surface area (Å²) in [6, 6.07) is 9.72. The van der Waals surface area contributed by atoms with E-state index in [2.05, 4.69) is 10.1 Å². The molecule has 5 heteroatoms. The Kier molecular flexibility index (Phi) is 3.72. The van der Waals surface area contributed by atoms with Gasteiger partial charge in [-0.1, -0.05) is 18.2 Å². The fourth-order valence-corrected chi connectivity index (χ4v) is 1.56. The van der Waals surface area contributed by atoms with Crippen molar-refractivity contribution in [1.29, 1.82) is 0 Å². The largest absolute Gasteiger partial charge is 0.493 e. The number of benzene rings is 1. The zero-order chi connectivity index (χ0) is 12.1. The zero-order valence-corrected chi connectivity index (χ0v) is 9.84. The van der Waals surface area contributed by atoms with E-state index in [0.717, 1.165) is 18.0 Å². The lowest BCUT2D eigenvalue weighted by atomic mass is 10.3. The van der Waals surface area contributed by atoms with E-state index < -0.39 is 0 Å². The molecule has 0 fully saturated rings. The maximum absolute atomic E-state index is 5.60. The molecule has 0 saturated heterocycles. The quantitative estimate of drug-likeness (QED) is 0.831. The molecule has 1 heterocycles. The van der Waals surface area contributed by atoms with E-state index in [1.54, 1.807) is 4.68 Å². The van der Waals surface area contributed by atoms with Crippen molar-refractivity contribution in [2.45, 2.75) is 13.0 Å². The third-order valence-electron chi connectivity index (χ3n) is 2.42. The van der Waals surface area contributed by atoms with Crippen LogP contribution in [-0.4, -0.2) is 21.4 Å². The Morgan fingerprint density at radius 2 is 2.06 bits per heavy atom. The molecule has 0 aliphatic heterocycles. The lowest BCUT2D eigenvalue weighted by Crippen LogP contribution is -2.06. The molecule has 90 valence electrons. The van der Waals surface area contributed by atoms with Crippen molar-refractivity contribution in [1.82, 2.24) is 14.8 Å². The molecule has 17 heavy (non-hydrogen) atoms. The van der Waals surface area contributed by atoms with Gasteiger partial charge in [-0.2, -0.15) is 5.10 Å². The van der Waals surface area contributed by atoms with Gasteiger partial charge in [-0.25, -0.2) is 4.98 Å². The van der Waals surface area contributed by atoms with Gasteiger partial charge in [-0.15, -0.1) is 0 Å². The monoisotopic (exact) mass is 232 g/mol. The maximum Gasteiger partial charge on any atom is 0.164 e. The fourth-order valence-electron chi connectivity index (χ4n) is 1.56. The Hall–Kier alpha value is -1.88. The number of aromatic nitrogens is 3. The van der Waals surface area contributed by atoms with Gasteiger partial charge in [0.15, 0.2) is 5.82 Å². The van der Waals surface area contributed by atoms with Crippen LogP contribution in [0.5, 0.6) is 5.75 Å². The minimum atomic E-state index is 0.368. The molecule has 0 radical (unpaired) electrons. The zero-order valence-electron chi connectivity index (χ0n) is 9.84. The summed E-state index contributed by atoms with van der Waals surface area (Å²) in [6.07, 6.45) is 0.721. The first-order valence-corrected chi connectivity index (χ1v) is 5.56. The van der Waals surface area contributed by atoms with Gasteiger partial charge in [0.25, 0.3) is 0 Å². The fraction of sp³-hybridized carbons (Fsp3) is 0.333. The van der Waals surface area contributed by atoms with E-state index in [9.17, 15) is 0 Å². The Bertz CT molecular complexity index is 467. The minimum Gasteiger partial charge on any atom is -0.493 e. The van der Waals surface area contributed by atoms with Gasteiger partial charge < -0.3 is 10.5 Å². The predicted molar refractivity (Wildman–Crippen MR) is 64.5 cm³/mol. The standard InChI is InChI=1S/C12H16N4O/c1-16-12(14-11(9-13)15-16)7-8-17-10-5-3-2-4-6-10/h2-6H,7-9,13H2,1H3. The van der Waals surface area contributed by atoms with E-state index >= 15 is 0 Å². The SMILES string of the molecule is Cn1nc(CN)nc1CCOc1ccccc1. The van der Waals surface area contributed by atoms with Gasteiger partial charge in [-0.3, -0.25) is 4.68 Å². The van der Waals surface area contributed by atoms with Crippen LogP contribution in [0.25, 0.3) is 0 Å². The Balaban J connectivity index is 1.88. The van der Waals surface area contributed by atoms with Crippen molar-refractivity contribution in [2.75, 3.05) is 6.61 Å². The maximum atomic E-state index is 5.60. The smallest absolute Gasteiger partial charge is 0.164 e. The third-order valence-corrected chi connectivity index (χ3v) is 2.42. The summed E-state index contributed by atoms with van der Waals surface area (Å²) < 4.78 is 7.34. The molecule has 0 aliphatic rings. The molecule has 0 amide bonds. The molecule has 5 nitrogen and oxygen atoms in total. The molecule has 2 aromatic rings. The van der Waals surface area contributed by atoms with Crippen LogP contribution < -0.4 is 10.5 Å². The van der Waals surface area contributed by atoms with Gasteiger partial charge >= 0.3 is 0 Å². The highest BCUT2D eigenvalue weighted by Crippen LogP contribution is 2.08. The van der Waals surface area contributed by atoms with Gasteiger partial charge in [-0.05, 0) is 12.1 Å². The van der Waals surface area contributed by atoms with Crippen LogP contribution in [0.1, 0.15) is 11.6 Å². The second-order valence-corrected chi connectivity index (χ2v) is 3.68. The molecule has 0 atom stereocenters. The molecule has 0 aliphatic carbocycles. The number of nitrogens with two attached hydrogens (primary N) is 1. The van der Waals surface area contributed by atoms with Gasteiger partial charge in [0.2, 0.25) is 0 Å². The first kappa shape index (κ1) is 11.6. The van der Waals surface area contributed by atoms with Crippen LogP contribution in [-0.2, 0) is 20.0 Å². The van der Waals surface area contributed by atoms with E-state index in [4.69, 9.17) is 10.5 Å². The molecule has 2 N–H and O–H groups in total. The van der Waals surface area contributed by atoms with Crippen LogP contribution in [0, 0.1) is 0 Å². The highest BCUT2D eigenvalue weighted by molar-refractivity contribution is 5.20. The Morgan fingerprint density at radius 1 is 1.29 bits per heavy atom. The highest BCUT2D eigenvalue weighted by atomic mass is 16.5.